The molecule has 0 aliphatic carbocycles. The summed E-state index contributed by atoms with van der Waals surface area (Å²) in [6.45, 7) is -12.1. The van der Waals surface area contributed by atoms with E-state index in [9.17, 15) is 79.2 Å². The number of aliphatic carboxylic acids is 8. The fourth-order valence-electron chi connectivity index (χ4n) is 5.01. The Kier molecular flexibility index (Phi) is 56.2. The molecule has 2 rings (SSSR count). The largest absolute Gasteiger partial charge is 1.00 e. The first-order chi connectivity index (χ1) is 25.9. The predicted molar refractivity (Wildman–Crippen MR) is 139 cm³/mol. The standard InChI is InChI=1S/C28H38O27.8Na/c29-13(30)3-45-1-11-21(47-5-15(33)34)23(48-6-16(35)36)26(51-9-19(41)42)28(54-11)55-22-12(2-46-4-14(31)32)53-27(52-10-20(43)44)25(50-8-18(39)40)24(22)49-7-17(37)38;;;;;;;;/h11-12,21-28H,1-10H2,(H,29,30)(H,31,32)(H,33,34)(H,35,36)(H,37,38)(H,39,40)(H,41,42)(H,43,44);;;;;;;;/q;8*+1/p-8/t11-,12-,21-,22-,23+,24+,25-,26-,27?,28+;;;;;;;;/m1......../s1. The molecule has 1 unspecified atom stereocenters. The first-order valence-corrected chi connectivity index (χ1v) is 15.3. The van der Waals surface area contributed by atoms with E-state index < -0.39 is 175 Å². The van der Waals surface area contributed by atoms with Crippen LogP contribution in [0.15, 0.2) is 0 Å². The van der Waals surface area contributed by atoms with E-state index in [4.69, 9.17) is 52.1 Å². The first kappa shape index (κ1) is 80.4. The number of carbonyl (C=O) groups excluding carboxylic acids is 8. The van der Waals surface area contributed by atoms with Gasteiger partial charge in [0.15, 0.2) is 12.6 Å². The van der Waals surface area contributed by atoms with E-state index in [0.29, 0.717) is 0 Å². The van der Waals surface area contributed by atoms with Crippen LogP contribution in [0.2, 0.25) is 0 Å². The zero-order valence-corrected chi connectivity index (χ0v) is 51.9. The average Bonchev–Trinajstić information content (AvgIpc) is 3.07. The second kappa shape index (κ2) is 44.1. The molecule has 27 nitrogen and oxygen atoms in total. The van der Waals surface area contributed by atoms with Crippen molar-refractivity contribution in [2.45, 2.75) is 61.4 Å². The van der Waals surface area contributed by atoms with Crippen molar-refractivity contribution in [1.29, 1.82) is 0 Å². The van der Waals surface area contributed by atoms with Gasteiger partial charge in [-0.15, -0.1) is 0 Å². The van der Waals surface area contributed by atoms with Crippen LogP contribution in [0.5, 0.6) is 0 Å². The molecule has 312 valence electrons. The average molecular weight is 982 g/mol. The zero-order valence-electron chi connectivity index (χ0n) is 35.9. The van der Waals surface area contributed by atoms with Crippen LogP contribution in [0.3, 0.4) is 0 Å². The SMILES string of the molecule is O=C([O-])COC[C@H]1O[C@@H](O[C@H]2[C@H](OCC(=O)[O-])[C@@H](OCC(=O)[O-])C(OCC(=O)[O-])O[C@@H]2COCC(=O)[O-])[C@H](OCC(=O)[O-])[C@@H](OCC(=O)[O-])[C@@H]1OCC(=O)[O-].[Na+].[Na+].[Na+].[Na+].[Na+].[Na+].[Na+].[Na+]. The molecule has 0 bridgehead atoms. The van der Waals surface area contributed by atoms with Crippen LogP contribution in [0, 0.1) is 0 Å². The summed E-state index contributed by atoms with van der Waals surface area (Å²) in [6, 6.07) is 0. The van der Waals surface area contributed by atoms with E-state index in [1.807, 2.05) is 0 Å². The van der Waals surface area contributed by atoms with Crippen molar-refractivity contribution >= 4 is 47.8 Å². The Morgan fingerprint density at radius 1 is 0.317 bits per heavy atom. The van der Waals surface area contributed by atoms with E-state index in [-0.39, 0.29) is 236 Å². The Hall–Kier alpha value is 3.32. The summed E-state index contributed by atoms with van der Waals surface area (Å²) in [5.41, 5.74) is 0. The van der Waals surface area contributed by atoms with Gasteiger partial charge in [0.05, 0.1) is 114 Å². The Morgan fingerprint density at radius 2 is 0.571 bits per heavy atom. The van der Waals surface area contributed by atoms with Gasteiger partial charge < -0.3 is 131 Å². The van der Waals surface area contributed by atoms with Gasteiger partial charge in [-0.25, -0.2) is 0 Å². The molecular formula is C28H30Na8O27. The van der Waals surface area contributed by atoms with Gasteiger partial charge in [-0.2, -0.15) is 0 Å². The van der Waals surface area contributed by atoms with Gasteiger partial charge in [-0.1, -0.05) is 0 Å². The third kappa shape index (κ3) is 32.8. The van der Waals surface area contributed by atoms with Crippen LogP contribution in [0.25, 0.3) is 0 Å². The van der Waals surface area contributed by atoms with Gasteiger partial charge in [-0.05, 0) is 0 Å². The summed E-state index contributed by atoms with van der Waals surface area (Å²) in [5.74, 6) is -15.0. The molecule has 2 heterocycles. The maximum Gasteiger partial charge on any atom is 1.00 e. The number of hydrogen-bond donors (Lipinski definition) is 0. The summed E-state index contributed by atoms with van der Waals surface area (Å²) < 4.78 is 58.7. The third-order valence-electron chi connectivity index (χ3n) is 6.81. The number of hydrogen-bond acceptors (Lipinski definition) is 27. The van der Waals surface area contributed by atoms with Crippen LogP contribution >= 0.6 is 0 Å². The molecule has 2 saturated heterocycles. The van der Waals surface area contributed by atoms with Crippen molar-refractivity contribution in [3.05, 3.63) is 0 Å². The van der Waals surface area contributed by atoms with E-state index in [2.05, 4.69) is 0 Å². The molecule has 0 saturated carbocycles. The van der Waals surface area contributed by atoms with Crippen LogP contribution in [0.4, 0.5) is 0 Å². The van der Waals surface area contributed by atoms with Gasteiger partial charge in [-0.3, -0.25) is 0 Å². The fourth-order valence-corrected chi connectivity index (χ4v) is 5.01. The zero-order chi connectivity index (χ0) is 41.2. The Morgan fingerprint density at radius 3 is 0.921 bits per heavy atom. The molecular weight excluding hydrogens is 952 g/mol. The molecule has 63 heavy (non-hydrogen) atoms. The van der Waals surface area contributed by atoms with Crippen LogP contribution in [-0.4, -0.2) is 175 Å². The van der Waals surface area contributed by atoms with Crippen LogP contribution in [0.1, 0.15) is 0 Å². The number of carbonyl (C=O) groups is 8. The monoisotopic (exact) mass is 982 g/mol. The molecule has 0 spiro atoms. The number of carboxylic acids is 8. The Bertz CT molecular complexity index is 1370. The van der Waals surface area contributed by atoms with Gasteiger partial charge in [0.1, 0.15) is 48.8 Å². The summed E-state index contributed by atoms with van der Waals surface area (Å²) in [4.78, 5) is 90.3. The predicted octanol–water partition coefficient (Wildman–Crippen LogP) is -39.2. The Labute approximate surface area is 534 Å². The van der Waals surface area contributed by atoms with E-state index in [1.165, 1.54) is 0 Å². The van der Waals surface area contributed by atoms with Gasteiger partial charge in [0.2, 0.25) is 0 Å². The third-order valence-corrected chi connectivity index (χ3v) is 6.81. The van der Waals surface area contributed by atoms with Crippen molar-refractivity contribution in [3.8, 4) is 0 Å². The molecule has 0 amide bonds. The minimum absolute atomic E-state index is 0. The maximum atomic E-state index is 11.5. The van der Waals surface area contributed by atoms with Crippen molar-refractivity contribution in [3.63, 3.8) is 0 Å². The summed E-state index contributed by atoms with van der Waals surface area (Å²) in [6.07, 6.45) is -20.0. The van der Waals surface area contributed by atoms with Crippen molar-refractivity contribution in [2.75, 3.05) is 66.1 Å². The van der Waals surface area contributed by atoms with Gasteiger partial charge >= 0.3 is 236 Å². The van der Waals surface area contributed by atoms with Crippen molar-refractivity contribution < 1.29 is 368 Å². The molecule has 0 N–H and O–H groups in total. The second-order valence-corrected chi connectivity index (χ2v) is 10.9. The second-order valence-electron chi connectivity index (χ2n) is 10.9. The Balaban J connectivity index is -0.000000784. The number of ether oxygens (including phenoxy) is 11. The maximum absolute atomic E-state index is 11.5. The minimum Gasteiger partial charge on any atom is -0.548 e. The smallest absolute Gasteiger partial charge is 0.548 e. The summed E-state index contributed by atoms with van der Waals surface area (Å²) >= 11 is 0. The molecule has 0 aromatic rings. The molecule has 35 heteroatoms. The molecule has 2 aliphatic rings. The fraction of sp³-hybridized carbons (Fsp3) is 0.714. The summed E-state index contributed by atoms with van der Waals surface area (Å²) in [5, 5.41) is 90.3. The summed E-state index contributed by atoms with van der Waals surface area (Å²) in [7, 11) is 0. The number of rotatable bonds is 28. The molecule has 10 atom stereocenters. The molecule has 0 aromatic carbocycles. The minimum atomic E-state index is -2.22. The molecule has 0 radical (unpaired) electrons. The molecule has 0 aromatic heterocycles. The van der Waals surface area contributed by atoms with Gasteiger partial charge in [0.25, 0.3) is 0 Å². The van der Waals surface area contributed by atoms with E-state index >= 15 is 0 Å². The van der Waals surface area contributed by atoms with Crippen molar-refractivity contribution in [1.82, 2.24) is 0 Å². The van der Waals surface area contributed by atoms with E-state index in [1.54, 1.807) is 0 Å². The topological polar surface area (TPSA) is 423 Å². The molecule has 2 aliphatic heterocycles. The van der Waals surface area contributed by atoms with Crippen molar-refractivity contribution in [2.24, 2.45) is 0 Å². The normalized spacial score (nSPS) is 24.3. The first-order valence-electron chi connectivity index (χ1n) is 15.3. The van der Waals surface area contributed by atoms with Gasteiger partial charge in [0, 0.05) is 0 Å². The van der Waals surface area contributed by atoms with Crippen LogP contribution in [-0.2, 0) is 90.5 Å². The van der Waals surface area contributed by atoms with E-state index in [0.717, 1.165) is 0 Å². The molecule has 2 fully saturated rings. The quantitative estimate of drug-likeness (QED) is 0.0657. The number of carboxylic acid groups (broad SMARTS) is 8. The van der Waals surface area contributed by atoms with Crippen LogP contribution < -0.4 is 277 Å².